The average Bonchev–Trinajstić information content (AvgIpc) is 0.946. The molecule has 1 aliphatic rings. The van der Waals surface area contributed by atoms with Crippen LogP contribution in [0.2, 0.25) is 0 Å². The third-order valence-corrected chi connectivity index (χ3v) is 22.5. The molecule has 1 saturated heterocycles. The summed E-state index contributed by atoms with van der Waals surface area (Å²) in [7, 11) is 2.23. The second kappa shape index (κ2) is 85.4. The van der Waals surface area contributed by atoms with Gasteiger partial charge in [0.2, 0.25) is 0 Å². The van der Waals surface area contributed by atoms with Gasteiger partial charge in [-0.2, -0.15) is 0 Å². The van der Waals surface area contributed by atoms with Gasteiger partial charge in [-0.25, -0.2) is 0 Å². The predicted octanol–water partition coefficient (Wildman–Crippen LogP) is 26.8. The van der Waals surface area contributed by atoms with Crippen molar-refractivity contribution in [1.29, 1.82) is 0 Å². The highest BCUT2D eigenvalue weighted by molar-refractivity contribution is 6.18. The fraction of sp³-hybridized carbons (Fsp3) is 0.957. The number of likely N-dealkylation sites (N-methyl/N-ethyl adjacent to an activating group) is 1. The largest absolute Gasteiger partial charge is 0.466 e. The Morgan fingerprint density at radius 3 is 0.802 bits per heavy atom. The molecule has 0 radical (unpaired) electrons. The molecule has 0 aromatic heterocycles. The zero-order valence-electron chi connectivity index (χ0n) is 72.2. The van der Waals surface area contributed by atoms with E-state index in [0.29, 0.717) is 44.8 Å². The van der Waals surface area contributed by atoms with E-state index in [1.54, 1.807) is 0 Å². The van der Waals surface area contributed by atoms with Crippen LogP contribution < -0.4 is 0 Å². The number of rotatable bonds is 83. The summed E-state index contributed by atoms with van der Waals surface area (Å²) in [4.78, 5) is 60.0. The highest BCUT2D eigenvalue weighted by Gasteiger charge is 2.19. The van der Waals surface area contributed by atoms with Gasteiger partial charge < -0.3 is 33.6 Å². The first kappa shape index (κ1) is 104. The molecule has 0 N–H and O–H groups in total. The zero-order chi connectivity index (χ0) is 77.2. The number of unbranched alkanes of at least 4 members (excludes halogenated alkanes) is 48. The van der Waals surface area contributed by atoms with E-state index in [-0.39, 0.29) is 36.1 Å². The lowest BCUT2D eigenvalue weighted by molar-refractivity contribution is -0.151. The maximum absolute atomic E-state index is 12.8. The summed E-state index contributed by atoms with van der Waals surface area (Å²) in [5, 5.41) is 0. The number of hydrogen-bond acceptors (Lipinski definition) is 12. The van der Waals surface area contributed by atoms with E-state index in [2.05, 4.69) is 68.2 Å². The Labute approximate surface area is 665 Å². The molecular formula is C93H183ClN4O8. The van der Waals surface area contributed by atoms with Crippen molar-refractivity contribution >= 4 is 35.5 Å². The number of alkyl halides is 1. The van der Waals surface area contributed by atoms with E-state index >= 15 is 0 Å². The van der Waals surface area contributed by atoms with Crippen molar-refractivity contribution in [2.75, 3.05) is 98.1 Å². The van der Waals surface area contributed by atoms with E-state index in [4.69, 9.17) is 30.5 Å². The van der Waals surface area contributed by atoms with E-state index in [1.807, 2.05) is 0 Å². The van der Waals surface area contributed by atoms with Crippen LogP contribution in [0.15, 0.2) is 0 Å². The molecule has 0 atom stereocenters. The number of carbonyl (C=O) groups is 4. The minimum absolute atomic E-state index is 0.00255. The summed E-state index contributed by atoms with van der Waals surface area (Å²) < 4.78 is 23.0. The van der Waals surface area contributed by atoms with Gasteiger partial charge in [0.05, 0.1) is 13.2 Å². The molecule has 13 heteroatoms. The lowest BCUT2D eigenvalue weighted by atomic mass is 10.0. The lowest BCUT2D eigenvalue weighted by Gasteiger charge is -2.34. The number of ether oxygens (including phenoxy) is 4. The van der Waals surface area contributed by atoms with Crippen molar-refractivity contribution in [2.24, 2.45) is 0 Å². The third kappa shape index (κ3) is 77.3. The standard InChI is InChI=1S/C49H97N3O4.C44H86ClNO4/c1-5-8-11-14-17-26-33-46-55-48(53)36-29-22-18-24-31-38-51(44-45-52-42-40-50(4)41-43-52)39-32-25-19-23-30-37-49(54)56-47(34-27-20-15-12-9-6-2)35-28-21-16-13-10-7-3;1-4-7-10-13-16-25-32-41-49-43(47)35-28-21-17-23-30-38-46(40-37-45)39-31-24-18-22-29-36-44(48)50-42(33-26-19-14-11-8-5-2)34-27-20-15-12-9-6-3/h47H,5-46H2,1-4H3;42H,4-41H2,1-3H3. The van der Waals surface area contributed by atoms with Crippen LogP contribution in [0.3, 0.4) is 0 Å². The topological polar surface area (TPSA) is 118 Å². The van der Waals surface area contributed by atoms with Gasteiger partial charge in [0.25, 0.3) is 0 Å². The number of esters is 4. The first-order chi connectivity index (χ1) is 52.0. The number of carbonyl (C=O) groups excluding carboxylic acids is 4. The molecule has 1 aliphatic heterocycles. The summed E-state index contributed by atoms with van der Waals surface area (Å²) in [6.45, 7) is 27.4. The van der Waals surface area contributed by atoms with Crippen LogP contribution in [0.1, 0.15) is 465 Å². The zero-order valence-corrected chi connectivity index (χ0v) is 72.9. The van der Waals surface area contributed by atoms with Crippen LogP contribution in [0.4, 0.5) is 0 Å². The second-order valence-electron chi connectivity index (χ2n) is 32.7. The molecule has 0 amide bonds. The van der Waals surface area contributed by atoms with Crippen LogP contribution >= 0.6 is 11.6 Å². The maximum Gasteiger partial charge on any atom is 0.306 e. The first-order valence-electron chi connectivity index (χ1n) is 47.2. The van der Waals surface area contributed by atoms with Gasteiger partial charge in [-0.05, 0) is 149 Å². The van der Waals surface area contributed by atoms with Crippen molar-refractivity contribution in [3.63, 3.8) is 0 Å². The molecule has 106 heavy (non-hydrogen) atoms. The molecule has 0 bridgehead atoms. The Balaban J connectivity index is 0.00000209. The van der Waals surface area contributed by atoms with Crippen molar-refractivity contribution in [1.82, 2.24) is 19.6 Å². The van der Waals surface area contributed by atoms with Gasteiger partial charge in [0.1, 0.15) is 12.2 Å². The Morgan fingerprint density at radius 1 is 0.283 bits per heavy atom. The van der Waals surface area contributed by atoms with E-state index in [9.17, 15) is 19.2 Å². The number of piperazine rings is 1. The van der Waals surface area contributed by atoms with Crippen molar-refractivity contribution in [3.05, 3.63) is 0 Å². The van der Waals surface area contributed by atoms with E-state index in [0.717, 1.165) is 110 Å². The summed E-state index contributed by atoms with van der Waals surface area (Å²) in [5.74, 6) is 0.731. The smallest absolute Gasteiger partial charge is 0.306 e. The van der Waals surface area contributed by atoms with Crippen molar-refractivity contribution in [3.8, 4) is 0 Å². The summed E-state index contributed by atoms with van der Waals surface area (Å²) >= 11 is 6.11. The van der Waals surface area contributed by atoms with Gasteiger partial charge in [-0.3, -0.25) is 24.1 Å². The van der Waals surface area contributed by atoms with Gasteiger partial charge in [0.15, 0.2) is 0 Å². The summed E-state index contributed by atoms with van der Waals surface area (Å²) in [6.07, 6.45) is 78.0. The molecule has 0 aliphatic carbocycles. The van der Waals surface area contributed by atoms with Crippen LogP contribution in [0.5, 0.6) is 0 Å². The molecule has 0 unspecified atom stereocenters. The highest BCUT2D eigenvalue weighted by atomic mass is 35.5. The quantitative estimate of drug-likeness (QED) is 0.0250. The molecule has 1 fully saturated rings. The summed E-state index contributed by atoms with van der Waals surface area (Å²) in [5.41, 5.74) is 0. The molecule has 0 spiro atoms. The lowest BCUT2D eigenvalue weighted by Crippen LogP contribution is -2.47. The molecule has 630 valence electrons. The Morgan fingerprint density at radius 2 is 0.519 bits per heavy atom. The number of nitrogens with zero attached hydrogens (tertiary/aromatic N) is 4. The molecule has 1 rings (SSSR count). The predicted molar refractivity (Wildman–Crippen MR) is 458 cm³/mol. The normalized spacial score (nSPS) is 12.8. The van der Waals surface area contributed by atoms with Crippen LogP contribution in [-0.2, 0) is 38.1 Å². The van der Waals surface area contributed by atoms with Gasteiger partial charge in [0, 0.05) is 77.4 Å². The number of hydrogen-bond donors (Lipinski definition) is 0. The SMILES string of the molecule is CCCCCCCCCOC(=O)CCCCCCCN(CCCCCCCC(=O)OC(CCCCCCCC)CCCCCCCC)CCN1CCN(C)CC1.CCCCCCCCCOC(=O)CCCCCCCN(CCCl)CCCCCCCC(=O)OC(CCCCCCCC)CCCCCCCC. The molecular weight excluding hydrogens is 1340 g/mol. The summed E-state index contributed by atoms with van der Waals surface area (Å²) in [6, 6.07) is 0. The minimum atomic E-state index is -0.0181. The van der Waals surface area contributed by atoms with Gasteiger partial charge in [-0.15, -0.1) is 11.6 Å². The van der Waals surface area contributed by atoms with Crippen LogP contribution in [-0.4, -0.2) is 154 Å². The van der Waals surface area contributed by atoms with Gasteiger partial charge in [-0.1, -0.05) is 324 Å². The van der Waals surface area contributed by atoms with E-state index < -0.39 is 0 Å². The maximum atomic E-state index is 12.8. The Bertz CT molecular complexity index is 1780. The molecule has 0 aromatic rings. The molecule has 1 heterocycles. The molecule has 0 aromatic carbocycles. The second-order valence-corrected chi connectivity index (χ2v) is 33.1. The molecule has 0 saturated carbocycles. The fourth-order valence-corrected chi connectivity index (χ4v) is 15.2. The third-order valence-electron chi connectivity index (χ3n) is 22.3. The Kier molecular flexibility index (Phi) is 83.8. The monoisotopic (exact) mass is 1520 g/mol. The first-order valence-corrected chi connectivity index (χ1v) is 47.7. The Hall–Kier alpha value is -1.99. The van der Waals surface area contributed by atoms with E-state index in [1.165, 1.54) is 361 Å². The van der Waals surface area contributed by atoms with Crippen LogP contribution in [0, 0.1) is 0 Å². The van der Waals surface area contributed by atoms with Gasteiger partial charge >= 0.3 is 23.9 Å². The fourth-order valence-electron chi connectivity index (χ4n) is 14.9. The minimum Gasteiger partial charge on any atom is -0.466 e. The van der Waals surface area contributed by atoms with Crippen LogP contribution in [0.25, 0.3) is 0 Å². The molecule has 12 nitrogen and oxygen atoms in total. The van der Waals surface area contributed by atoms with Crippen molar-refractivity contribution < 1.29 is 38.1 Å². The highest BCUT2D eigenvalue weighted by Crippen LogP contribution is 2.22. The average molecular weight is 1520 g/mol. The number of halogens is 1. The van der Waals surface area contributed by atoms with Crippen molar-refractivity contribution in [2.45, 2.75) is 478 Å².